The third kappa shape index (κ3) is 2.23. The quantitative estimate of drug-likeness (QED) is 0.739. The van der Waals surface area contributed by atoms with E-state index in [-0.39, 0.29) is 0 Å². The maximum absolute atomic E-state index is 13.5. The number of hydrogen-bond acceptors (Lipinski definition) is 2. The third-order valence-corrected chi connectivity index (χ3v) is 1.92. The number of rotatable bonds is 3. The van der Waals surface area contributed by atoms with Crippen LogP contribution in [0.3, 0.4) is 0 Å². The second kappa shape index (κ2) is 4.10. The molecule has 0 saturated heterocycles. The zero-order valence-corrected chi connectivity index (χ0v) is 8.25. The van der Waals surface area contributed by atoms with Crippen LogP contribution in [-0.2, 0) is 5.67 Å². The molecule has 0 fully saturated rings. The Labute approximate surface area is 82.9 Å². The van der Waals surface area contributed by atoms with Crippen LogP contribution in [0.5, 0.6) is 5.75 Å². The van der Waals surface area contributed by atoms with E-state index in [0.717, 1.165) is 0 Å². The SMILES string of the molecule is CCOc1ccc(C(C)(F)C#N)cc1. The van der Waals surface area contributed by atoms with Gasteiger partial charge in [-0.2, -0.15) is 5.26 Å². The lowest BCUT2D eigenvalue weighted by Gasteiger charge is -2.11. The van der Waals surface area contributed by atoms with Crippen molar-refractivity contribution in [2.45, 2.75) is 19.5 Å². The zero-order valence-electron chi connectivity index (χ0n) is 8.25. The van der Waals surface area contributed by atoms with Gasteiger partial charge in [-0.25, -0.2) is 4.39 Å². The highest BCUT2D eigenvalue weighted by Gasteiger charge is 2.24. The summed E-state index contributed by atoms with van der Waals surface area (Å²) in [5.41, 5.74) is -1.58. The first-order valence-corrected chi connectivity index (χ1v) is 4.43. The summed E-state index contributed by atoms with van der Waals surface area (Å²) in [7, 11) is 0. The molecule has 0 saturated carbocycles. The minimum Gasteiger partial charge on any atom is -0.494 e. The van der Waals surface area contributed by atoms with Gasteiger partial charge >= 0.3 is 0 Å². The lowest BCUT2D eigenvalue weighted by Crippen LogP contribution is -2.11. The summed E-state index contributed by atoms with van der Waals surface area (Å²) in [4.78, 5) is 0. The van der Waals surface area contributed by atoms with Crippen molar-refractivity contribution in [1.82, 2.24) is 0 Å². The van der Waals surface area contributed by atoms with E-state index >= 15 is 0 Å². The van der Waals surface area contributed by atoms with E-state index in [9.17, 15) is 4.39 Å². The molecular weight excluding hydrogens is 181 g/mol. The van der Waals surface area contributed by atoms with Gasteiger partial charge in [-0.3, -0.25) is 0 Å². The van der Waals surface area contributed by atoms with E-state index in [1.165, 1.54) is 6.92 Å². The average Bonchev–Trinajstić information content (AvgIpc) is 2.19. The normalized spacial score (nSPS) is 14.1. The number of benzene rings is 1. The van der Waals surface area contributed by atoms with E-state index < -0.39 is 5.67 Å². The fourth-order valence-corrected chi connectivity index (χ4v) is 1.10. The van der Waals surface area contributed by atoms with Crippen molar-refractivity contribution < 1.29 is 9.13 Å². The molecule has 14 heavy (non-hydrogen) atoms. The van der Waals surface area contributed by atoms with Crippen LogP contribution in [0.1, 0.15) is 19.4 Å². The van der Waals surface area contributed by atoms with Crippen LogP contribution in [-0.4, -0.2) is 6.61 Å². The molecule has 1 aromatic carbocycles. The van der Waals surface area contributed by atoms with Gasteiger partial charge in [0.05, 0.1) is 6.61 Å². The van der Waals surface area contributed by atoms with Gasteiger partial charge in [-0.1, -0.05) is 12.1 Å². The fourth-order valence-electron chi connectivity index (χ4n) is 1.10. The number of nitriles is 1. The first-order chi connectivity index (χ1) is 6.60. The molecule has 0 spiro atoms. The molecule has 74 valence electrons. The number of hydrogen-bond donors (Lipinski definition) is 0. The minimum atomic E-state index is -1.93. The van der Waals surface area contributed by atoms with Crippen LogP contribution in [0, 0.1) is 11.3 Å². The molecule has 1 unspecified atom stereocenters. The van der Waals surface area contributed by atoms with Gasteiger partial charge in [-0.05, 0) is 26.0 Å². The number of nitrogens with zero attached hydrogens (tertiary/aromatic N) is 1. The van der Waals surface area contributed by atoms with Gasteiger partial charge in [-0.15, -0.1) is 0 Å². The van der Waals surface area contributed by atoms with Crippen LogP contribution in [0.15, 0.2) is 24.3 Å². The maximum Gasteiger partial charge on any atom is 0.218 e. The summed E-state index contributed by atoms with van der Waals surface area (Å²) in [5, 5.41) is 8.56. The van der Waals surface area contributed by atoms with E-state index in [1.807, 2.05) is 6.92 Å². The van der Waals surface area contributed by atoms with E-state index in [4.69, 9.17) is 10.00 Å². The van der Waals surface area contributed by atoms with Crippen molar-refractivity contribution in [2.75, 3.05) is 6.61 Å². The summed E-state index contributed by atoms with van der Waals surface area (Å²) in [6.45, 7) is 3.69. The Morgan fingerprint density at radius 1 is 1.43 bits per heavy atom. The van der Waals surface area contributed by atoms with Crippen molar-refractivity contribution in [3.63, 3.8) is 0 Å². The van der Waals surface area contributed by atoms with Gasteiger partial charge in [0, 0.05) is 5.56 Å². The highest BCUT2D eigenvalue weighted by molar-refractivity contribution is 5.33. The van der Waals surface area contributed by atoms with Gasteiger partial charge in [0.15, 0.2) is 0 Å². The Balaban J connectivity index is 2.90. The maximum atomic E-state index is 13.5. The van der Waals surface area contributed by atoms with Crippen molar-refractivity contribution in [3.05, 3.63) is 29.8 Å². The Hall–Kier alpha value is -1.56. The summed E-state index contributed by atoms with van der Waals surface area (Å²) in [6, 6.07) is 8.05. The largest absolute Gasteiger partial charge is 0.494 e. The van der Waals surface area contributed by atoms with E-state index in [1.54, 1.807) is 30.3 Å². The summed E-state index contributed by atoms with van der Waals surface area (Å²) in [6.07, 6.45) is 0. The van der Waals surface area contributed by atoms with E-state index in [2.05, 4.69) is 0 Å². The lowest BCUT2D eigenvalue weighted by molar-refractivity contribution is 0.273. The van der Waals surface area contributed by atoms with Crippen molar-refractivity contribution in [2.24, 2.45) is 0 Å². The molecule has 0 amide bonds. The smallest absolute Gasteiger partial charge is 0.218 e. The Bertz CT molecular complexity index is 337. The summed E-state index contributed by atoms with van der Waals surface area (Å²) >= 11 is 0. The van der Waals surface area contributed by atoms with Crippen molar-refractivity contribution in [1.29, 1.82) is 5.26 Å². The van der Waals surface area contributed by atoms with E-state index in [0.29, 0.717) is 17.9 Å². The number of ether oxygens (including phenoxy) is 1. The topological polar surface area (TPSA) is 33.0 Å². The molecule has 0 aliphatic heterocycles. The Kier molecular flexibility index (Phi) is 3.08. The molecule has 0 N–H and O–H groups in total. The first kappa shape index (κ1) is 10.5. The Morgan fingerprint density at radius 2 is 2.00 bits per heavy atom. The molecule has 3 heteroatoms. The zero-order chi connectivity index (χ0) is 10.6. The second-order valence-electron chi connectivity index (χ2n) is 3.07. The molecule has 2 nitrogen and oxygen atoms in total. The van der Waals surface area contributed by atoms with Crippen LogP contribution < -0.4 is 4.74 Å². The van der Waals surface area contributed by atoms with Crippen molar-refractivity contribution in [3.8, 4) is 11.8 Å². The second-order valence-corrected chi connectivity index (χ2v) is 3.07. The fraction of sp³-hybridized carbons (Fsp3) is 0.364. The van der Waals surface area contributed by atoms with Crippen LogP contribution in [0.25, 0.3) is 0 Å². The van der Waals surface area contributed by atoms with Gasteiger partial charge in [0.25, 0.3) is 0 Å². The summed E-state index contributed by atoms with van der Waals surface area (Å²) in [5.74, 6) is 0.685. The molecule has 0 radical (unpaired) electrons. The Morgan fingerprint density at radius 3 is 2.43 bits per heavy atom. The summed E-state index contributed by atoms with van der Waals surface area (Å²) < 4.78 is 18.7. The van der Waals surface area contributed by atoms with Gasteiger partial charge in [0.1, 0.15) is 11.8 Å². The number of halogens is 1. The lowest BCUT2D eigenvalue weighted by atomic mass is 10.00. The molecule has 1 rings (SSSR count). The molecule has 0 heterocycles. The molecule has 0 aliphatic carbocycles. The predicted octanol–water partition coefficient (Wildman–Crippen LogP) is 2.79. The molecule has 1 aromatic rings. The monoisotopic (exact) mass is 193 g/mol. The van der Waals surface area contributed by atoms with Crippen LogP contribution in [0.2, 0.25) is 0 Å². The van der Waals surface area contributed by atoms with Crippen molar-refractivity contribution >= 4 is 0 Å². The minimum absolute atomic E-state index is 0.350. The first-order valence-electron chi connectivity index (χ1n) is 4.43. The predicted molar refractivity (Wildman–Crippen MR) is 51.7 cm³/mol. The molecule has 0 aromatic heterocycles. The molecular formula is C11H12FNO. The van der Waals surface area contributed by atoms with Crippen LogP contribution >= 0.6 is 0 Å². The molecule has 0 aliphatic rings. The van der Waals surface area contributed by atoms with Crippen LogP contribution in [0.4, 0.5) is 4.39 Å². The standard InChI is InChI=1S/C11H12FNO/c1-3-14-10-6-4-9(5-7-10)11(2,12)8-13/h4-7H,3H2,1-2H3. The van der Waals surface area contributed by atoms with Gasteiger partial charge < -0.3 is 4.74 Å². The molecule has 0 bridgehead atoms. The third-order valence-electron chi connectivity index (χ3n) is 1.92. The molecule has 1 atom stereocenters. The number of alkyl halides is 1. The highest BCUT2D eigenvalue weighted by Crippen LogP contribution is 2.26. The van der Waals surface area contributed by atoms with Gasteiger partial charge in [0.2, 0.25) is 5.67 Å². The highest BCUT2D eigenvalue weighted by atomic mass is 19.1. The average molecular weight is 193 g/mol.